The third-order valence-corrected chi connectivity index (χ3v) is 7.77. The molecule has 2 aromatic heterocycles. The molecular formula is C33H25FN2+2. The maximum atomic E-state index is 13.6. The van der Waals surface area contributed by atoms with Gasteiger partial charge in [-0.05, 0) is 53.6 Å². The topological polar surface area (TPSA) is 7.76 Å². The lowest BCUT2D eigenvalue weighted by molar-refractivity contribution is -0.739. The van der Waals surface area contributed by atoms with Crippen LogP contribution in [0.2, 0.25) is 0 Å². The van der Waals surface area contributed by atoms with Crippen LogP contribution in [0.5, 0.6) is 0 Å². The van der Waals surface area contributed by atoms with E-state index in [2.05, 4.69) is 113 Å². The second-order valence-corrected chi connectivity index (χ2v) is 9.58. The monoisotopic (exact) mass is 468 g/mol. The summed E-state index contributed by atoms with van der Waals surface area (Å²) in [6, 6.07) is 35.2. The lowest BCUT2D eigenvalue weighted by Gasteiger charge is -2.30. The van der Waals surface area contributed by atoms with Crippen LogP contribution in [-0.4, -0.2) is 0 Å². The van der Waals surface area contributed by atoms with Crippen molar-refractivity contribution in [3.05, 3.63) is 145 Å². The molecule has 0 fully saturated rings. The number of rotatable bonds is 3. The highest BCUT2D eigenvalue weighted by Crippen LogP contribution is 2.49. The van der Waals surface area contributed by atoms with Gasteiger partial charge in [0, 0.05) is 29.3 Å². The van der Waals surface area contributed by atoms with Gasteiger partial charge in [0.15, 0.2) is 24.5 Å². The van der Waals surface area contributed by atoms with E-state index in [-0.39, 0.29) is 23.8 Å². The van der Waals surface area contributed by atoms with Crippen LogP contribution >= 0.6 is 0 Å². The third kappa shape index (κ3) is 3.02. The fourth-order valence-corrected chi connectivity index (χ4v) is 6.23. The Bertz CT molecular complexity index is 1640. The minimum atomic E-state index is -0.221. The Labute approximate surface area is 210 Å². The standard InChI is InChI=1S/C33H25FN2/c1-2-29-32(27-11-5-3-9-25(27)30-13-7-8-20-35(29)30)33-28-12-6-4-10-26(28)31-19-16-23(21-36(31)33)22-14-17-24(34)18-15-22/h2-21,29,32-33H,1H2/q+2. The Morgan fingerprint density at radius 3 is 2.06 bits per heavy atom. The SMILES string of the molecule is C=CC1C(C2c3ccccc3-c3ccc(-c4ccc(F)cc4)c[n+]32)c2ccccc2-c2cccc[n+]21. The van der Waals surface area contributed by atoms with E-state index in [1.807, 2.05) is 12.1 Å². The van der Waals surface area contributed by atoms with Crippen LogP contribution in [0.3, 0.4) is 0 Å². The molecule has 3 unspecified atom stereocenters. The molecule has 0 spiro atoms. The molecular weight excluding hydrogens is 443 g/mol. The molecule has 0 saturated carbocycles. The van der Waals surface area contributed by atoms with Crippen molar-refractivity contribution in [3.63, 3.8) is 0 Å². The van der Waals surface area contributed by atoms with E-state index in [0.29, 0.717) is 0 Å². The number of pyridine rings is 2. The lowest BCUT2D eigenvalue weighted by atomic mass is 9.76. The summed E-state index contributed by atoms with van der Waals surface area (Å²) in [4.78, 5) is 0. The van der Waals surface area contributed by atoms with Gasteiger partial charge in [-0.1, -0.05) is 55.1 Å². The maximum Gasteiger partial charge on any atom is 0.213 e. The third-order valence-electron chi connectivity index (χ3n) is 7.77. The number of hydrogen-bond acceptors (Lipinski definition) is 0. The van der Waals surface area contributed by atoms with Gasteiger partial charge >= 0.3 is 0 Å². The van der Waals surface area contributed by atoms with Crippen molar-refractivity contribution < 1.29 is 13.5 Å². The van der Waals surface area contributed by atoms with Gasteiger partial charge in [0.1, 0.15) is 11.7 Å². The summed E-state index contributed by atoms with van der Waals surface area (Å²) in [6.07, 6.45) is 6.50. The highest BCUT2D eigenvalue weighted by atomic mass is 19.1. The molecule has 2 aliphatic rings. The van der Waals surface area contributed by atoms with Gasteiger partial charge in [0.25, 0.3) is 0 Å². The van der Waals surface area contributed by atoms with Crippen LogP contribution in [0.4, 0.5) is 4.39 Å². The predicted molar refractivity (Wildman–Crippen MR) is 140 cm³/mol. The van der Waals surface area contributed by atoms with Gasteiger partial charge in [-0.3, -0.25) is 0 Å². The van der Waals surface area contributed by atoms with Crippen LogP contribution in [0.15, 0.2) is 128 Å². The molecule has 0 aliphatic carbocycles. The zero-order chi connectivity index (χ0) is 24.2. The summed E-state index contributed by atoms with van der Waals surface area (Å²) >= 11 is 0. The summed E-state index contributed by atoms with van der Waals surface area (Å²) in [5.74, 6) is -0.0735. The number of hydrogen-bond donors (Lipinski definition) is 0. The number of nitrogens with zero attached hydrogens (tertiary/aromatic N) is 2. The van der Waals surface area contributed by atoms with Gasteiger partial charge in [-0.2, -0.15) is 9.13 Å². The van der Waals surface area contributed by atoms with Crippen molar-refractivity contribution in [2.24, 2.45) is 0 Å². The average molecular weight is 469 g/mol. The normalized spacial score (nSPS) is 19.1. The summed E-state index contributed by atoms with van der Waals surface area (Å²) in [6.45, 7) is 4.30. The summed E-state index contributed by atoms with van der Waals surface area (Å²) in [5.41, 5.74) is 9.67. The van der Waals surface area contributed by atoms with Crippen LogP contribution in [0.25, 0.3) is 33.6 Å². The number of aromatic nitrogens is 2. The molecule has 3 aromatic carbocycles. The zero-order valence-corrected chi connectivity index (χ0v) is 19.8. The summed E-state index contributed by atoms with van der Waals surface area (Å²) < 4.78 is 18.4. The number of fused-ring (bicyclic) bond motifs is 6. The van der Waals surface area contributed by atoms with Gasteiger partial charge in [0.2, 0.25) is 11.4 Å². The summed E-state index contributed by atoms with van der Waals surface area (Å²) in [7, 11) is 0. The van der Waals surface area contributed by atoms with E-state index in [0.717, 1.165) is 11.1 Å². The van der Waals surface area contributed by atoms with Crippen molar-refractivity contribution in [1.29, 1.82) is 0 Å². The molecule has 36 heavy (non-hydrogen) atoms. The second kappa shape index (κ2) is 8.10. The van der Waals surface area contributed by atoms with Crippen LogP contribution in [-0.2, 0) is 0 Å². The minimum absolute atomic E-state index is 0.0848. The van der Waals surface area contributed by atoms with Crippen LogP contribution in [0, 0.1) is 5.82 Å². The lowest BCUT2D eigenvalue weighted by Crippen LogP contribution is -2.52. The molecule has 0 radical (unpaired) electrons. The molecule has 4 heterocycles. The molecule has 0 amide bonds. The molecule has 7 rings (SSSR count). The Hall–Kier alpha value is -4.37. The Balaban J connectivity index is 1.48. The largest absolute Gasteiger partial charge is 0.213 e. The molecule has 3 atom stereocenters. The maximum absolute atomic E-state index is 13.6. The Morgan fingerprint density at radius 1 is 0.639 bits per heavy atom. The first-order valence-corrected chi connectivity index (χ1v) is 12.4. The number of benzene rings is 3. The fourth-order valence-electron chi connectivity index (χ4n) is 6.23. The second-order valence-electron chi connectivity index (χ2n) is 9.58. The van der Waals surface area contributed by atoms with E-state index in [4.69, 9.17) is 0 Å². The number of allylic oxidation sites excluding steroid dienone is 1. The number of halogens is 1. The van der Waals surface area contributed by atoms with Gasteiger partial charge in [-0.15, -0.1) is 0 Å². The Kier molecular flexibility index (Phi) is 4.71. The van der Waals surface area contributed by atoms with E-state index in [9.17, 15) is 4.39 Å². The quantitative estimate of drug-likeness (QED) is 0.203. The molecule has 0 saturated heterocycles. The van der Waals surface area contributed by atoms with Crippen molar-refractivity contribution in [1.82, 2.24) is 0 Å². The van der Waals surface area contributed by atoms with E-state index in [1.165, 1.54) is 45.8 Å². The predicted octanol–water partition coefficient (Wildman–Crippen LogP) is 6.83. The molecule has 2 nitrogen and oxygen atoms in total. The van der Waals surface area contributed by atoms with Crippen LogP contribution < -0.4 is 9.13 Å². The average Bonchev–Trinajstić information content (AvgIpc) is 3.26. The van der Waals surface area contributed by atoms with Crippen molar-refractivity contribution >= 4 is 0 Å². The molecule has 3 heteroatoms. The van der Waals surface area contributed by atoms with E-state index >= 15 is 0 Å². The highest BCUT2D eigenvalue weighted by molar-refractivity contribution is 5.70. The first-order chi connectivity index (χ1) is 17.7. The van der Waals surface area contributed by atoms with E-state index in [1.54, 1.807) is 0 Å². The van der Waals surface area contributed by atoms with Gasteiger partial charge in [-0.25, -0.2) is 4.39 Å². The molecule has 172 valence electrons. The molecule has 0 N–H and O–H groups in total. The van der Waals surface area contributed by atoms with Crippen LogP contribution in [0.1, 0.15) is 29.1 Å². The first kappa shape index (κ1) is 21.0. The smallest absolute Gasteiger partial charge is 0.207 e. The summed E-state index contributed by atoms with van der Waals surface area (Å²) in [5, 5.41) is 0. The fraction of sp³-hybridized carbons (Fsp3) is 0.0909. The molecule has 0 bridgehead atoms. The zero-order valence-electron chi connectivity index (χ0n) is 19.8. The molecule has 5 aromatic rings. The molecule has 2 aliphatic heterocycles. The highest BCUT2D eigenvalue weighted by Gasteiger charge is 2.51. The van der Waals surface area contributed by atoms with Crippen molar-refractivity contribution in [2.45, 2.75) is 18.0 Å². The van der Waals surface area contributed by atoms with Crippen molar-refractivity contribution in [2.75, 3.05) is 0 Å². The van der Waals surface area contributed by atoms with Gasteiger partial charge in [0.05, 0.1) is 11.1 Å². The van der Waals surface area contributed by atoms with Gasteiger partial charge < -0.3 is 0 Å². The van der Waals surface area contributed by atoms with E-state index < -0.39 is 0 Å². The first-order valence-electron chi connectivity index (χ1n) is 12.4. The van der Waals surface area contributed by atoms with Crippen molar-refractivity contribution in [3.8, 4) is 33.6 Å². The minimum Gasteiger partial charge on any atom is -0.207 e. The Morgan fingerprint density at radius 2 is 1.28 bits per heavy atom.